The van der Waals surface area contributed by atoms with Crippen molar-refractivity contribution in [2.75, 3.05) is 0 Å². The topological polar surface area (TPSA) is 38.9 Å². The first-order chi connectivity index (χ1) is 5.79. The van der Waals surface area contributed by atoms with Gasteiger partial charge in [0.15, 0.2) is 5.89 Å². The Balaban J connectivity index is 2.67. The summed E-state index contributed by atoms with van der Waals surface area (Å²) < 4.78 is 6.25. The lowest BCUT2D eigenvalue weighted by Crippen LogP contribution is -1.75. The molecule has 4 heteroatoms. The molecule has 0 fully saturated rings. The summed E-state index contributed by atoms with van der Waals surface area (Å²) in [6.45, 7) is 2.00. The number of aryl methyl sites for hydroxylation is 1. The predicted molar refractivity (Wildman–Crippen MR) is 48.9 cm³/mol. The van der Waals surface area contributed by atoms with Crippen LogP contribution in [0.3, 0.4) is 0 Å². The van der Waals surface area contributed by atoms with Crippen molar-refractivity contribution in [3.8, 4) is 0 Å². The van der Waals surface area contributed by atoms with E-state index in [-0.39, 0.29) is 0 Å². The van der Waals surface area contributed by atoms with E-state index in [0.29, 0.717) is 5.71 Å². The van der Waals surface area contributed by atoms with Gasteiger partial charge in [-0.05, 0) is 22.0 Å². The Morgan fingerprint density at radius 1 is 1.58 bits per heavy atom. The van der Waals surface area contributed by atoms with Crippen LogP contribution in [0.25, 0.3) is 11.2 Å². The van der Waals surface area contributed by atoms with Gasteiger partial charge < -0.3 is 4.42 Å². The predicted octanol–water partition coefficient (Wildman–Crippen LogP) is 2.55. The van der Waals surface area contributed by atoms with Gasteiger partial charge in [0, 0.05) is 17.1 Å². The molecule has 0 aliphatic rings. The number of rotatable bonds is 1. The Morgan fingerprint density at radius 3 is 3.17 bits per heavy atom. The number of oxazole rings is 1. The van der Waals surface area contributed by atoms with Gasteiger partial charge in [0.1, 0.15) is 5.52 Å². The van der Waals surface area contributed by atoms with Gasteiger partial charge in [-0.2, -0.15) is 0 Å². The maximum Gasteiger partial charge on any atom is 0.246 e. The first-order valence-electron chi connectivity index (χ1n) is 3.70. The van der Waals surface area contributed by atoms with Crippen LogP contribution >= 0.6 is 15.9 Å². The minimum absolute atomic E-state index is 0.607. The molecule has 0 radical (unpaired) electrons. The van der Waals surface area contributed by atoms with Gasteiger partial charge in [-0.15, -0.1) is 0 Å². The van der Waals surface area contributed by atoms with Crippen molar-refractivity contribution in [1.82, 2.24) is 9.97 Å². The van der Waals surface area contributed by atoms with E-state index in [0.717, 1.165) is 22.3 Å². The van der Waals surface area contributed by atoms with Gasteiger partial charge in [0.25, 0.3) is 0 Å². The molecular weight excluding hydrogens is 220 g/mol. The molecule has 12 heavy (non-hydrogen) atoms. The fourth-order valence-electron chi connectivity index (χ4n) is 0.995. The van der Waals surface area contributed by atoms with Crippen molar-refractivity contribution < 1.29 is 4.42 Å². The van der Waals surface area contributed by atoms with E-state index >= 15 is 0 Å². The van der Waals surface area contributed by atoms with Crippen molar-refractivity contribution in [3.63, 3.8) is 0 Å². The van der Waals surface area contributed by atoms with Crippen LogP contribution in [0.15, 0.2) is 21.2 Å². The van der Waals surface area contributed by atoms with Gasteiger partial charge in [-0.3, -0.25) is 0 Å². The standard InChI is InChI=1S/C8H7BrN2O/c1-2-7-11-6-3-5(9)4-10-8(6)12-7/h3-4H,2H2,1H3. The number of pyridine rings is 1. The lowest BCUT2D eigenvalue weighted by molar-refractivity contribution is 0.529. The third kappa shape index (κ3) is 1.22. The maximum absolute atomic E-state index is 5.33. The molecule has 0 saturated heterocycles. The molecular formula is C8H7BrN2O. The summed E-state index contributed by atoms with van der Waals surface area (Å²) in [4.78, 5) is 8.31. The summed E-state index contributed by atoms with van der Waals surface area (Å²) in [6.07, 6.45) is 2.50. The number of hydrogen-bond donors (Lipinski definition) is 0. The summed E-state index contributed by atoms with van der Waals surface area (Å²) in [5.74, 6) is 0.732. The molecule has 0 aliphatic heterocycles. The largest absolute Gasteiger partial charge is 0.422 e. The SMILES string of the molecule is CCc1nc2cc(Br)cnc2o1. The molecule has 2 aromatic heterocycles. The minimum Gasteiger partial charge on any atom is -0.422 e. The van der Waals surface area contributed by atoms with Gasteiger partial charge in [0.05, 0.1) is 0 Å². The average molecular weight is 227 g/mol. The molecule has 0 N–H and O–H groups in total. The molecule has 0 spiro atoms. The van der Waals surface area contributed by atoms with Crippen LogP contribution in [0.5, 0.6) is 0 Å². The first kappa shape index (κ1) is 7.73. The Bertz CT molecular complexity index is 410. The van der Waals surface area contributed by atoms with Crippen LogP contribution in [0.2, 0.25) is 0 Å². The van der Waals surface area contributed by atoms with E-state index in [1.165, 1.54) is 0 Å². The molecule has 2 heterocycles. The lowest BCUT2D eigenvalue weighted by atomic mass is 10.4. The normalized spacial score (nSPS) is 10.8. The quantitative estimate of drug-likeness (QED) is 0.751. The maximum atomic E-state index is 5.33. The highest BCUT2D eigenvalue weighted by atomic mass is 79.9. The van der Waals surface area contributed by atoms with E-state index in [1.54, 1.807) is 6.20 Å². The molecule has 0 aromatic carbocycles. The first-order valence-corrected chi connectivity index (χ1v) is 4.50. The highest BCUT2D eigenvalue weighted by Gasteiger charge is 2.04. The fourth-order valence-corrected chi connectivity index (χ4v) is 1.31. The fraction of sp³-hybridized carbons (Fsp3) is 0.250. The molecule has 3 nitrogen and oxygen atoms in total. The zero-order chi connectivity index (χ0) is 8.55. The van der Waals surface area contributed by atoms with Crippen molar-refractivity contribution in [3.05, 3.63) is 22.6 Å². The summed E-state index contributed by atoms with van der Waals surface area (Å²) in [7, 11) is 0. The highest BCUT2D eigenvalue weighted by Crippen LogP contribution is 2.17. The summed E-state index contributed by atoms with van der Waals surface area (Å²) >= 11 is 3.32. The van der Waals surface area contributed by atoms with Crippen LogP contribution in [-0.2, 0) is 6.42 Å². The van der Waals surface area contributed by atoms with Crippen LogP contribution in [0.4, 0.5) is 0 Å². The smallest absolute Gasteiger partial charge is 0.246 e. The third-order valence-corrected chi connectivity index (χ3v) is 1.99. The van der Waals surface area contributed by atoms with Crippen LogP contribution in [-0.4, -0.2) is 9.97 Å². The second-order valence-corrected chi connectivity index (χ2v) is 3.35. The summed E-state index contributed by atoms with van der Waals surface area (Å²) in [5.41, 5.74) is 1.41. The summed E-state index contributed by atoms with van der Waals surface area (Å²) in [6, 6.07) is 1.89. The monoisotopic (exact) mass is 226 g/mol. The number of halogens is 1. The zero-order valence-corrected chi connectivity index (χ0v) is 8.13. The van der Waals surface area contributed by atoms with Gasteiger partial charge in [0.2, 0.25) is 5.71 Å². The van der Waals surface area contributed by atoms with E-state index in [2.05, 4.69) is 25.9 Å². The van der Waals surface area contributed by atoms with E-state index < -0.39 is 0 Å². The van der Waals surface area contributed by atoms with Crippen molar-refractivity contribution in [2.45, 2.75) is 13.3 Å². The molecule has 0 aliphatic carbocycles. The van der Waals surface area contributed by atoms with E-state index in [9.17, 15) is 0 Å². The highest BCUT2D eigenvalue weighted by molar-refractivity contribution is 9.10. The van der Waals surface area contributed by atoms with Gasteiger partial charge >= 0.3 is 0 Å². The van der Waals surface area contributed by atoms with Crippen LogP contribution < -0.4 is 0 Å². The number of fused-ring (bicyclic) bond motifs is 1. The van der Waals surface area contributed by atoms with E-state index in [1.807, 2.05) is 13.0 Å². The number of nitrogens with zero attached hydrogens (tertiary/aromatic N) is 2. The summed E-state index contributed by atoms with van der Waals surface area (Å²) in [5, 5.41) is 0. The molecule has 0 amide bonds. The third-order valence-electron chi connectivity index (χ3n) is 1.56. The lowest BCUT2D eigenvalue weighted by Gasteiger charge is -1.85. The second kappa shape index (κ2) is 2.86. The Kier molecular flexibility index (Phi) is 1.84. The Morgan fingerprint density at radius 2 is 2.42 bits per heavy atom. The molecule has 2 aromatic rings. The van der Waals surface area contributed by atoms with Gasteiger partial charge in [-0.25, -0.2) is 9.97 Å². The Labute approximate surface area is 77.9 Å². The molecule has 0 bridgehead atoms. The molecule has 0 atom stereocenters. The number of aromatic nitrogens is 2. The van der Waals surface area contributed by atoms with Crippen molar-refractivity contribution in [1.29, 1.82) is 0 Å². The van der Waals surface area contributed by atoms with Crippen LogP contribution in [0.1, 0.15) is 12.8 Å². The van der Waals surface area contributed by atoms with Crippen LogP contribution in [0, 0.1) is 0 Å². The zero-order valence-electron chi connectivity index (χ0n) is 6.54. The molecule has 2 rings (SSSR count). The van der Waals surface area contributed by atoms with Crippen molar-refractivity contribution >= 4 is 27.2 Å². The van der Waals surface area contributed by atoms with E-state index in [4.69, 9.17) is 4.42 Å². The molecule has 0 saturated carbocycles. The Hall–Kier alpha value is -0.900. The minimum atomic E-state index is 0.607. The second-order valence-electron chi connectivity index (χ2n) is 2.44. The van der Waals surface area contributed by atoms with Crippen molar-refractivity contribution in [2.24, 2.45) is 0 Å². The average Bonchev–Trinajstić information content (AvgIpc) is 2.46. The molecule has 62 valence electrons. The molecule has 0 unspecified atom stereocenters. The number of hydrogen-bond acceptors (Lipinski definition) is 3. The van der Waals surface area contributed by atoms with Gasteiger partial charge in [-0.1, -0.05) is 6.92 Å².